The van der Waals surface area contributed by atoms with Gasteiger partial charge in [0.05, 0.1) is 6.26 Å². The van der Waals surface area contributed by atoms with Crippen LogP contribution in [0.4, 0.5) is 0 Å². The van der Waals surface area contributed by atoms with E-state index in [2.05, 4.69) is 9.62 Å². The fourth-order valence-electron chi connectivity index (χ4n) is 2.19. The van der Waals surface area contributed by atoms with Crippen LogP contribution in [0.15, 0.2) is 0 Å². The zero-order valence-corrected chi connectivity index (χ0v) is 12.4. The number of nitrogens with zero attached hydrogens (tertiary/aromatic N) is 1. The number of carbonyl (C=O) groups is 1. The summed E-state index contributed by atoms with van der Waals surface area (Å²) in [5.41, 5.74) is 0. The third kappa shape index (κ3) is 8.02. The lowest BCUT2D eigenvalue weighted by atomic mass is 9.92. The van der Waals surface area contributed by atoms with Gasteiger partial charge in [-0.05, 0) is 38.3 Å². The molecule has 5 nitrogen and oxygen atoms in total. The molecule has 0 unspecified atom stereocenters. The van der Waals surface area contributed by atoms with E-state index >= 15 is 0 Å². The van der Waals surface area contributed by atoms with Crippen LogP contribution in [0.1, 0.15) is 25.7 Å². The van der Waals surface area contributed by atoms with E-state index < -0.39 is 10.0 Å². The van der Waals surface area contributed by atoms with Crippen molar-refractivity contribution < 1.29 is 13.2 Å². The molecule has 0 aromatic carbocycles. The smallest absolute Gasteiger partial charge is 0.208 e. The minimum Gasteiger partial charge on any atom is -0.303 e. The number of sulfonamides is 1. The lowest BCUT2D eigenvalue weighted by Gasteiger charge is -2.31. The number of hydrogen-bond donors (Lipinski definition) is 1. The van der Waals surface area contributed by atoms with E-state index in [0.29, 0.717) is 18.9 Å². The van der Waals surface area contributed by atoms with Crippen LogP contribution in [-0.4, -0.2) is 52.0 Å². The highest BCUT2D eigenvalue weighted by Crippen LogP contribution is 2.20. The summed E-state index contributed by atoms with van der Waals surface area (Å²) in [7, 11) is -3.06. The van der Waals surface area contributed by atoms with Gasteiger partial charge in [-0.1, -0.05) is 0 Å². The monoisotopic (exact) mass is 298 g/mol. The van der Waals surface area contributed by atoms with E-state index in [-0.39, 0.29) is 12.4 Å². The maximum atomic E-state index is 10.9. The molecule has 0 bridgehead atoms. The summed E-state index contributed by atoms with van der Waals surface area (Å²) in [6, 6.07) is 0. The van der Waals surface area contributed by atoms with Crippen LogP contribution in [0.2, 0.25) is 0 Å². The molecule has 1 aliphatic rings. The molecule has 0 amide bonds. The van der Waals surface area contributed by atoms with Crippen molar-refractivity contribution in [2.45, 2.75) is 25.7 Å². The van der Waals surface area contributed by atoms with Crippen molar-refractivity contribution in [2.75, 3.05) is 32.4 Å². The van der Waals surface area contributed by atoms with Gasteiger partial charge in [0, 0.05) is 19.5 Å². The normalized spacial score (nSPS) is 18.3. The second kappa shape index (κ2) is 8.85. The number of rotatable bonds is 7. The van der Waals surface area contributed by atoms with Crippen molar-refractivity contribution in [1.82, 2.24) is 9.62 Å². The van der Waals surface area contributed by atoms with Crippen molar-refractivity contribution in [1.29, 1.82) is 0 Å². The molecular weight excluding hydrogens is 276 g/mol. The van der Waals surface area contributed by atoms with Gasteiger partial charge in [-0.15, -0.1) is 12.4 Å². The molecule has 0 aromatic rings. The minimum atomic E-state index is -3.06. The van der Waals surface area contributed by atoms with Crippen molar-refractivity contribution >= 4 is 28.7 Å². The van der Waals surface area contributed by atoms with Crippen LogP contribution in [0.3, 0.4) is 0 Å². The zero-order valence-electron chi connectivity index (χ0n) is 10.8. The van der Waals surface area contributed by atoms with Gasteiger partial charge in [-0.2, -0.15) is 0 Å². The van der Waals surface area contributed by atoms with Crippen LogP contribution in [0.5, 0.6) is 0 Å². The summed E-state index contributed by atoms with van der Waals surface area (Å²) in [5.74, 6) is 0.666. The van der Waals surface area contributed by atoms with Crippen molar-refractivity contribution in [3.8, 4) is 0 Å². The molecule has 0 spiro atoms. The van der Waals surface area contributed by atoms with Gasteiger partial charge in [0.25, 0.3) is 0 Å². The van der Waals surface area contributed by atoms with E-state index in [9.17, 15) is 13.2 Å². The lowest BCUT2D eigenvalue weighted by molar-refractivity contribution is -0.108. The third-order valence-corrected chi connectivity index (χ3v) is 3.92. The van der Waals surface area contributed by atoms with Crippen LogP contribution < -0.4 is 4.72 Å². The molecule has 0 saturated carbocycles. The predicted octanol–water partition coefficient (Wildman–Crippen LogP) is 0.648. The Morgan fingerprint density at radius 1 is 1.33 bits per heavy atom. The quantitative estimate of drug-likeness (QED) is 0.701. The molecule has 1 rings (SSSR count). The van der Waals surface area contributed by atoms with Gasteiger partial charge in [0.2, 0.25) is 10.0 Å². The Hall–Kier alpha value is -0.170. The third-order valence-electron chi connectivity index (χ3n) is 3.19. The standard InChI is InChI=1S/C11H22N2O3S.ClH/c1-17(15,16)12-6-9-13-7-4-11(5-8-13)3-2-10-14;/h10-12H,2-9H2,1H3;1H. The van der Waals surface area contributed by atoms with Crippen molar-refractivity contribution in [3.63, 3.8) is 0 Å². The van der Waals surface area contributed by atoms with Crippen molar-refractivity contribution in [3.05, 3.63) is 0 Å². The number of aldehydes is 1. The molecule has 1 N–H and O–H groups in total. The average molecular weight is 299 g/mol. The fraction of sp³-hybridized carbons (Fsp3) is 0.909. The number of nitrogens with one attached hydrogen (secondary N) is 1. The van der Waals surface area contributed by atoms with E-state index in [1.165, 1.54) is 6.26 Å². The Balaban J connectivity index is 0.00000289. The van der Waals surface area contributed by atoms with Gasteiger partial charge >= 0.3 is 0 Å². The molecule has 0 aromatic heterocycles. The number of piperidine rings is 1. The molecule has 0 atom stereocenters. The Bertz CT molecular complexity index is 327. The first-order valence-electron chi connectivity index (χ1n) is 6.12. The van der Waals surface area contributed by atoms with E-state index in [0.717, 1.165) is 45.2 Å². The molecule has 1 aliphatic heterocycles. The average Bonchev–Trinajstić information content (AvgIpc) is 2.26. The second-order valence-electron chi connectivity index (χ2n) is 4.70. The minimum absolute atomic E-state index is 0. The molecule has 7 heteroatoms. The largest absolute Gasteiger partial charge is 0.303 e. The van der Waals surface area contributed by atoms with Crippen LogP contribution >= 0.6 is 12.4 Å². The first-order chi connectivity index (χ1) is 8.01. The van der Waals surface area contributed by atoms with Crippen LogP contribution in [-0.2, 0) is 14.8 Å². The molecular formula is C11H23ClN2O3S. The highest BCUT2D eigenvalue weighted by molar-refractivity contribution is 7.88. The van der Waals surface area contributed by atoms with Gasteiger partial charge in [0.15, 0.2) is 0 Å². The Morgan fingerprint density at radius 3 is 2.44 bits per heavy atom. The summed E-state index contributed by atoms with van der Waals surface area (Å²) < 4.78 is 24.3. The summed E-state index contributed by atoms with van der Waals surface area (Å²) in [4.78, 5) is 12.5. The lowest BCUT2D eigenvalue weighted by Crippen LogP contribution is -2.39. The molecule has 1 heterocycles. The van der Waals surface area contributed by atoms with Crippen LogP contribution in [0.25, 0.3) is 0 Å². The maximum Gasteiger partial charge on any atom is 0.208 e. The van der Waals surface area contributed by atoms with Gasteiger partial charge in [-0.3, -0.25) is 0 Å². The molecule has 0 radical (unpaired) electrons. The summed E-state index contributed by atoms with van der Waals surface area (Å²) >= 11 is 0. The fourth-order valence-corrected chi connectivity index (χ4v) is 2.65. The first kappa shape index (κ1) is 17.8. The number of halogens is 1. The summed E-state index contributed by atoms with van der Waals surface area (Å²) in [6.45, 7) is 3.27. The molecule has 1 saturated heterocycles. The SMILES string of the molecule is CS(=O)(=O)NCCN1CCC(CCC=O)CC1.Cl. The molecule has 108 valence electrons. The summed E-state index contributed by atoms with van der Waals surface area (Å²) in [6.07, 6.45) is 6.07. The van der Waals surface area contributed by atoms with Crippen LogP contribution in [0, 0.1) is 5.92 Å². The maximum absolute atomic E-state index is 10.9. The predicted molar refractivity (Wildman–Crippen MR) is 74.6 cm³/mol. The van der Waals surface area contributed by atoms with Gasteiger partial charge in [-0.25, -0.2) is 13.1 Å². The van der Waals surface area contributed by atoms with Crippen molar-refractivity contribution in [2.24, 2.45) is 5.92 Å². The zero-order chi connectivity index (χ0) is 12.7. The van der Waals surface area contributed by atoms with E-state index in [4.69, 9.17) is 0 Å². The first-order valence-corrected chi connectivity index (χ1v) is 8.01. The topological polar surface area (TPSA) is 66.5 Å². The number of likely N-dealkylation sites (tertiary alicyclic amines) is 1. The number of carbonyl (C=O) groups excluding carboxylic acids is 1. The second-order valence-corrected chi connectivity index (χ2v) is 6.53. The Morgan fingerprint density at radius 2 is 1.94 bits per heavy atom. The van der Waals surface area contributed by atoms with Gasteiger partial charge in [0.1, 0.15) is 6.29 Å². The molecule has 0 aliphatic carbocycles. The molecule has 1 fully saturated rings. The summed E-state index contributed by atoms with van der Waals surface area (Å²) in [5, 5.41) is 0. The van der Waals surface area contributed by atoms with E-state index in [1.807, 2.05) is 0 Å². The highest BCUT2D eigenvalue weighted by Gasteiger charge is 2.18. The van der Waals surface area contributed by atoms with Gasteiger partial charge < -0.3 is 9.69 Å². The highest BCUT2D eigenvalue weighted by atomic mass is 35.5. The number of hydrogen-bond acceptors (Lipinski definition) is 4. The Kier molecular flexibility index (Phi) is 8.77. The van der Waals surface area contributed by atoms with E-state index in [1.54, 1.807) is 0 Å². The Labute approximate surface area is 116 Å². The molecule has 18 heavy (non-hydrogen) atoms.